The number of hydrogen-bond acceptors (Lipinski definition) is 2. The molecule has 1 saturated carbocycles. The highest BCUT2D eigenvalue weighted by atomic mass is 35.5. The molecular formula is C14H21ClN2O2. The van der Waals surface area contributed by atoms with E-state index in [2.05, 4.69) is 11.9 Å². The van der Waals surface area contributed by atoms with E-state index < -0.39 is 0 Å². The van der Waals surface area contributed by atoms with E-state index in [0.29, 0.717) is 18.5 Å². The number of nitrogens with zero attached hydrogens (tertiary/aromatic N) is 1. The van der Waals surface area contributed by atoms with Crippen molar-refractivity contribution in [3.8, 4) is 0 Å². The Morgan fingerprint density at radius 3 is 2.47 bits per heavy atom. The molecule has 106 valence electrons. The van der Waals surface area contributed by atoms with Crippen molar-refractivity contribution in [1.82, 2.24) is 9.55 Å². The Morgan fingerprint density at radius 2 is 2.00 bits per heavy atom. The smallest absolute Gasteiger partial charge is 0.297 e. The van der Waals surface area contributed by atoms with Gasteiger partial charge in [0.15, 0.2) is 0 Å². The fraction of sp³-hybridized carbons (Fsp3) is 0.714. The van der Waals surface area contributed by atoms with Crippen LogP contribution in [0.2, 0.25) is 5.15 Å². The van der Waals surface area contributed by atoms with E-state index in [4.69, 9.17) is 11.6 Å². The lowest BCUT2D eigenvalue weighted by atomic mass is 9.67. The maximum Gasteiger partial charge on any atom is 0.329 e. The zero-order valence-electron chi connectivity index (χ0n) is 11.6. The Morgan fingerprint density at radius 1 is 1.32 bits per heavy atom. The van der Waals surface area contributed by atoms with Crippen molar-refractivity contribution in [2.24, 2.45) is 5.41 Å². The second kappa shape index (κ2) is 5.53. The molecule has 1 heterocycles. The van der Waals surface area contributed by atoms with E-state index in [0.717, 1.165) is 25.7 Å². The Hall–Kier alpha value is -1.03. The molecule has 1 aromatic rings. The van der Waals surface area contributed by atoms with Gasteiger partial charge in [-0.25, -0.2) is 4.79 Å². The predicted octanol–water partition coefficient (Wildman–Crippen LogP) is 2.72. The van der Waals surface area contributed by atoms with Crippen molar-refractivity contribution in [2.75, 3.05) is 0 Å². The molecule has 0 radical (unpaired) electrons. The van der Waals surface area contributed by atoms with Gasteiger partial charge in [-0.2, -0.15) is 0 Å². The molecule has 1 aromatic heterocycles. The monoisotopic (exact) mass is 284 g/mol. The summed E-state index contributed by atoms with van der Waals surface area (Å²) in [4.78, 5) is 27.0. The van der Waals surface area contributed by atoms with Gasteiger partial charge in [0.25, 0.3) is 5.56 Å². The van der Waals surface area contributed by atoms with Crippen LogP contribution in [0.5, 0.6) is 0 Å². The molecule has 0 aliphatic heterocycles. The first-order chi connectivity index (χ1) is 9.03. The maximum absolute atomic E-state index is 12.4. The molecule has 0 aromatic carbocycles. The Labute approximate surface area is 117 Å². The van der Waals surface area contributed by atoms with Crippen molar-refractivity contribution in [2.45, 2.75) is 58.9 Å². The summed E-state index contributed by atoms with van der Waals surface area (Å²) in [5.41, 5.74) is 0.0768. The highest BCUT2D eigenvalue weighted by Crippen LogP contribution is 2.44. The number of aromatic nitrogens is 2. The van der Waals surface area contributed by atoms with Gasteiger partial charge in [0.05, 0.1) is 5.56 Å². The zero-order valence-corrected chi connectivity index (χ0v) is 12.3. The molecule has 0 bridgehead atoms. The molecular weight excluding hydrogens is 264 g/mol. The van der Waals surface area contributed by atoms with Crippen LogP contribution >= 0.6 is 11.6 Å². The van der Waals surface area contributed by atoms with Gasteiger partial charge in [-0.05, 0) is 31.1 Å². The summed E-state index contributed by atoms with van der Waals surface area (Å²) in [6, 6.07) is 0. The molecule has 0 saturated heterocycles. The van der Waals surface area contributed by atoms with E-state index in [1.807, 2.05) is 6.92 Å². The van der Waals surface area contributed by atoms with E-state index in [1.54, 1.807) is 0 Å². The lowest BCUT2D eigenvalue weighted by molar-refractivity contribution is 0.0966. The average Bonchev–Trinajstić information content (AvgIpc) is 2.33. The van der Waals surface area contributed by atoms with Crippen LogP contribution in [0.4, 0.5) is 0 Å². The Balaban J connectivity index is 2.43. The number of H-pyrrole nitrogens is 1. The van der Waals surface area contributed by atoms with Gasteiger partial charge in [0, 0.05) is 6.54 Å². The van der Waals surface area contributed by atoms with Gasteiger partial charge in [-0.1, -0.05) is 38.3 Å². The first-order valence-corrected chi connectivity index (χ1v) is 7.42. The third kappa shape index (κ3) is 2.64. The summed E-state index contributed by atoms with van der Waals surface area (Å²) >= 11 is 5.97. The number of rotatable bonds is 5. The van der Waals surface area contributed by atoms with Gasteiger partial charge in [-0.15, -0.1) is 0 Å². The van der Waals surface area contributed by atoms with E-state index in [1.165, 1.54) is 11.0 Å². The summed E-state index contributed by atoms with van der Waals surface area (Å²) in [6.07, 6.45) is 5.83. The topological polar surface area (TPSA) is 54.9 Å². The molecule has 19 heavy (non-hydrogen) atoms. The Kier molecular flexibility index (Phi) is 4.19. The highest BCUT2D eigenvalue weighted by Gasteiger charge is 2.36. The van der Waals surface area contributed by atoms with Crippen LogP contribution in [0.3, 0.4) is 0 Å². The second-order valence-electron chi connectivity index (χ2n) is 5.57. The second-order valence-corrected chi connectivity index (χ2v) is 5.95. The van der Waals surface area contributed by atoms with Gasteiger partial charge >= 0.3 is 5.69 Å². The third-order valence-electron chi connectivity index (χ3n) is 4.39. The minimum absolute atomic E-state index is 0.133. The van der Waals surface area contributed by atoms with E-state index in [9.17, 15) is 9.59 Å². The minimum atomic E-state index is -0.380. The van der Waals surface area contributed by atoms with Crippen molar-refractivity contribution < 1.29 is 0 Å². The summed E-state index contributed by atoms with van der Waals surface area (Å²) in [5.74, 6) is 0. The van der Waals surface area contributed by atoms with E-state index >= 15 is 0 Å². The molecule has 1 N–H and O–H groups in total. The van der Waals surface area contributed by atoms with Crippen LogP contribution in [0, 0.1) is 5.41 Å². The standard InChI is InChI=1S/C14H21ClN2O2/c1-3-6-10-11(15)16-13(19)17(12(10)18)9-14(4-2)7-5-8-14/h3-9H2,1-2H3,(H,16,19). The molecule has 0 amide bonds. The quantitative estimate of drug-likeness (QED) is 0.845. The maximum atomic E-state index is 12.4. The van der Waals surface area contributed by atoms with Gasteiger partial charge in [0.1, 0.15) is 5.15 Å². The van der Waals surface area contributed by atoms with Crippen LogP contribution in [0.1, 0.15) is 51.5 Å². The van der Waals surface area contributed by atoms with E-state index in [-0.39, 0.29) is 21.8 Å². The van der Waals surface area contributed by atoms with Crippen LogP contribution in [0.15, 0.2) is 9.59 Å². The zero-order chi connectivity index (χ0) is 14.0. The highest BCUT2D eigenvalue weighted by molar-refractivity contribution is 6.30. The third-order valence-corrected chi connectivity index (χ3v) is 4.71. The molecule has 4 nitrogen and oxygen atoms in total. The largest absolute Gasteiger partial charge is 0.329 e. The first-order valence-electron chi connectivity index (χ1n) is 7.04. The van der Waals surface area contributed by atoms with Crippen LogP contribution in [-0.2, 0) is 13.0 Å². The van der Waals surface area contributed by atoms with Crippen LogP contribution < -0.4 is 11.2 Å². The number of nitrogens with one attached hydrogen (secondary N) is 1. The number of aromatic amines is 1. The first kappa shape index (κ1) is 14.4. The van der Waals surface area contributed by atoms with Crippen LogP contribution in [-0.4, -0.2) is 9.55 Å². The predicted molar refractivity (Wildman–Crippen MR) is 76.9 cm³/mol. The van der Waals surface area contributed by atoms with Gasteiger partial charge in [-0.3, -0.25) is 14.3 Å². The van der Waals surface area contributed by atoms with Gasteiger partial charge < -0.3 is 0 Å². The molecule has 1 aliphatic rings. The number of halogens is 1. The molecule has 0 unspecified atom stereocenters. The summed E-state index contributed by atoms with van der Waals surface area (Å²) < 4.78 is 1.35. The minimum Gasteiger partial charge on any atom is -0.297 e. The lowest BCUT2D eigenvalue weighted by Crippen LogP contribution is -2.44. The number of hydrogen-bond donors (Lipinski definition) is 1. The van der Waals surface area contributed by atoms with Gasteiger partial charge in [0.2, 0.25) is 0 Å². The van der Waals surface area contributed by atoms with Crippen LogP contribution in [0.25, 0.3) is 0 Å². The summed E-state index contributed by atoms with van der Waals surface area (Å²) in [5, 5.41) is 0.201. The van der Waals surface area contributed by atoms with Crippen molar-refractivity contribution >= 4 is 11.6 Å². The fourth-order valence-electron chi connectivity index (χ4n) is 2.83. The average molecular weight is 285 g/mol. The molecule has 5 heteroatoms. The summed E-state index contributed by atoms with van der Waals surface area (Å²) in [6.45, 7) is 4.64. The summed E-state index contributed by atoms with van der Waals surface area (Å²) in [7, 11) is 0. The SMILES string of the molecule is CCCc1c(Cl)[nH]c(=O)n(CC2(CC)CCC2)c1=O. The van der Waals surface area contributed by atoms with Crippen molar-refractivity contribution in [1.29, 1.82) is 0 Å². The lowest BCUT2D eigenvalue weighted by Gasteiger charge is -2.41. The van der Waals surface area contributed by atoms with Crippen molar-refractivity contribution in [3.05, 3.63) is 31.6 Å². The normalized spacial score (nSPS) is 17.2. The molecule has 0 atom stereocenters. The molecule has 0 spiro atoms. The molecule has 1 aliphatic carbocycles. The fourth-order valence-corrected chi connectivity index (χ4v) is 3.09. The molecule has 2 rings (SSSR count). The Bertz CT molecular complexity index is 564. The van der Waals surface area contributed by atoms with Crippen molar-refractivity contribution in [3.63, 3.8) is 0 Å². The molecule has 1 fully saturated rings.